The highest BCUT2D eigenvalue weighted by molar-refractivity contribution is 5.91. The van der Waals surface area contributed by atoms with Gasteiger partial charge in [-0.25, -0.2) is 4.39 Å². The Hall–Kier alpha value is -3.22. The highest BCUT2D eigenvalue weighted by Crippen LogP contribution is 2.21. The van der Waals surface area contributed by atoms with Gasteiger partial charge in [0.1, 0.15) is 11.6 Å². The zero-order valence-corrected chi connectivity index (χ0v) is 12.8. The van der Waals surface area contributed by atoms with E-state index in [9.17, 15) is 9.18 Å². The summed E-state index contributed by atoms with van der Waals surface area (Å²) in [5, 5.41) is 6.24. The molecule has 1 amide bonds. The fraction of sp³-hybridized carbons (Fsp3) is 0.118. The number of anilines is 1. The molecule has 0 saturated heterocycles. The molecule has 3 aromatic rings. The average Bonchev–Trinajstić information content (AvgIpc) is 3.05. The number of hydrogen-bond acceptors (Lipinski definition) is 5. The minimum absolute atomic E-state index is 0.112. The summed E-state index contributed by atoms with van der Waals surface area (Å²) in [6.45, 7) is 0. The van der Waals surface area contributed by atoms with Crippen LogP contribution in [-0.2, 0) is 11.2 Å². The van der Waals surface area contributed by atoms with Crippen molar-refractivity contribution in [3.05, 3.63) is 60.2 Å². The Morgan fingerprint density at radius 2 is 1.96 bits per heavy atom. The van der Waals surface area contributed by atoms with Crippen LogP contribution < -0.4 is 10.1 Å². The Morgan fingerprint density at radius 1 is 1.21 bits per heavy atom. The highest BCUT2D eigenvalue weighted by atomic mass is 19.1. The van der Waals surface area contributed by atoms with Gasteiger partial charge in [-0.2, -0.15) is 4.98 Å². The number of amides is 1. The smallest absolute Gasteiger partial charge is 0.257 e. The third-order valence-electron chi connectivity index (χ3n) is 3.27. The summed E-state index contributed by atoms with van der Waals surface area (Å²) < 4.78 is 23.7. The van der Waals surface area contributed by atoms with Crippen LogP contribution in [0.15, 0.2) is 53.1 Å². The number of para-hydroxylation sites is 1. The average molecular weight is 327 g/mol. The van der Waals surface area contributed by atoms with E-state index in [4.69, 9.17) is 9.26 Å². The summed E-state index contributed by atoms with van der Waals surface area (Å²) >= 11 is 0. The predicted octanol–water partition coefficient (Wildman–Crippen LogP) is 3.07. The molecule has 0 spiro atoms. The third-order valence-corrected chi connectivity index (χ3v) is 3.27. The van der Waals surface area contributed by atoms with E-state index in [0.717, 1.165) is 0 Å². The second kappa shape index (κ2) is 6.91. The molecule has 0 radical (unpaired) electrons. The molecule has 1 N–H and O–H groups in total. The summed E-state index contributed by atoms with van der Waals surface area (Å²) in [5.74, 6) is 0.295. The summed E-state index contributed by atoms with van der Waals surface area (Å²) in [6, 6.07) is 13.0. The van der Waals surface area contributed by atoms with Gasteiger partial charge in [0, 0.05) is 5.56 Å². The molecule has 3 rings (SSSR count). The Balaban J connectivity index is 1.67. The maximum Gasteiger partial charge on any atom is 0.257 e. The van der Waals surface area contributed by atoms with Crippen LogP contribution in [0.25, 0.3) is 11.5 Å². The van der Waals surface area contributed by atoms with Gasteiger partial charge in [0.15, 0.2) is 5.82 Å². The predicted molar refractivity (Wildman–Crippen MR) is 85.0 cm³/mol. The van der Waals surface area contributed by atoms with Gasteiger partial charge < -0.3 is 14.6 Å². The van der Waals surface area contributed by atoms with E-state index in [1.807, 2.05) is 0 Å². The topological polar surface area (TPSA) is 77.2 Å². The third kappa shape index (κ3) is 3.57. The molecule has 0 bridgehead atoms. The number of methoxy groups -OCH3 is 1. The molecule has 0 aliphatic heterocycles. The number of rotatable bonds is 5. The van der Waals surface area contributed by atoms with Crippen LogP contribution >= 0.6 is 0 Å². The van der Waals surface area contributed by atoms with E-state index in [1.165, 1.54) is 12.1 Å². The van der Waals surface area contributed by atoms with Crippen LogP contribution in [-0.4, -0.2) is 23.2 Å². The molecule has 0 saturated carbocycles. The Kier molecular flexibility index (Phi) is 4.51. The van der Waals surface area contributed by atoms with Crippen molar-refractivity contribution in [1.29, 1.82) is 0 Å². The molecule has 0 fully saturated rings. The van der Waals surface area contributed by atoms with Crippen molar-refractivity contribution >= 4 is 11.6 Å². The van der Waals surface area contributed by atoms with Crippen molar-refractivity contribution in [2.24, 2.45) is 0 Å². The Morgan fingerprint density at radius 3 is 2.67 bits per heavy atom. The van der Waals surface area contributed by atoms with Crippen LogP contribution in [0.5, 0.6) is 5.75 Å². The van der Waals surface area contributed by atoms with Crippen LogP contribution in [0.4, 0.5) is 10.1 Å². The standard InChI is InChI=1S/C17H14FN3O3/c1-23-12-8-6-11(7-9-12)17-20-15(21-24-17)10-16(22)19-14-5-3-2-4-13(14)18/h2-9H,10H2,1H3,(H,19,22). The number of carbonyl (C=O) groups is 1. The van der Waals surface area contributed by atoms with Crippen LogP contribution in [0, 0.1) is 5.82 Å². The van der Waals surface area contributed by atoms with Crippen molar-refractivity contribution in [3.63, 3.8) is 0 Å². The van der Waals surface area contributed by atoms with E-state index in [0.29, 0.717) is 17.2 Å². The first-order valence-electron chi connectivity index (χ1n) is 7.17. The molecule has 0 aliphatic rings. The van der Waals surface area contributed by atoms with Gasteiger partial charge in [-0.1, -0.05) is 17.3 Å². The summed E-state index contributed by atoms with van der Waals surface area (Å²) in [5.41, 5.74) is 0.824. The number of hydrogen-bond donors (Lipinski definition) is 1. The minimum Gasteiger partial charge on any atom is -0.497 e. The molecule has 122 valence electrons. The van der Waals surface area contributed by atoms with Crippen molar-refractivity contribution in [2.75, 3.05) is 12.4 Å². The van der Waals surface area contributed by atoms with Gasteiger partial charge in [0.05, 0.1) is 19.2 Å². The summed E-state index contributed by atoms with van der Waals surface area (Å²) in [6.07, 6.45) is -0.117. The normalized spacial score (nSPS) is 10.4. The van der Waals surface area contributed by atoms with Crippen LogP contribution in [0.2, 0.25) is 0 Å². The number of halogens is 1. The zero-order chi connectivity index (χ0) is 16.9. The number of nitrogens with one attached hydrogen (secondary N) is 1. The lowest BCUT2D eigenvalue weighted by molar-refractivity contribution is -0.115. The summed E-state index contributed by atoms with van der Waals surface area (Å²) in [4.78, 5) is 16.1. The van der Waals surface area contributed by atoms with Crippen molar-refractivity contribution in [2.45, 2.75) is 6.42 Å². The van der Waals surface area contributed by atoms with E-state index in [2.05, 4.69) is 15.5 Å². The lowest BCUT2D eigenvalue weighted by Gasteiger charge is -2.03. The first kappa shape index (κ1) is 15.7. The monoisotopic (exact) mass is 327 g/mol. The van der Waals surface area contributed by atoms with Gasteiger partial charge in [-0.05, 0) is 36.4 Å². The minimum atomic E-state index is -0.502. The molecule has 0 unspecified atom stereocenters. The van der Waals surface area contributed by atoms with E-state index in [-0.39, 0.29) is 17.9 Å². The first-order valence-corrected chi connectivity index (χ1v) is 7.17. The number of ether oxygens (including phenoxy) is 1. The van der Waals surface area contributed by atoms with E-state index in [1.54, 1.807) is 43.5 Å². The second-order valence-electron chi connectivity index (χ2n) is 4.95. The van der Waals surface area contributed by atoms with Crippen LogP contribution in [0.1, 0.15) is 5.82 Å². The lowest BCUT2D eigenvalue weighted by atomic mass is 10.2. The molecule has 7 heteroatoms. The Labute approximate surface area is 137 Å². The van der Waals surface area contributed by atoms with Gasteiger partial charge >= 0.3 is 0 Å². The largest absolute Gasteiger partial charge is 0.497 e. The van der Waals surface area contributed by atoms with Crippen molar-refractivity contribution < 1.29 is 18.4 Å². The van der Waals surface area contributed by atoms with E-state index >= 15 is 0 Å². The van der Waals surface area contributed by atoms with Crippen molar-refractivity contribution in [1.82, 2.24) is 10.1 Å². The molecule has 0 aliphatic carbocycles. The molecular weight excluding hydrogens is 313 g/mol. The SMILES string of the molecule is COc1ccc(-c2nc(CC(=O)Nc3ccccc3F)no2)cc1. The molecular formula is C17H14FN3O3. The van der Waals surface area contributed by atoms with Gasteiger partial charge in [0.2, 0.25) is 5.91 Å². The summed E-state index contributed by atoms with van der Waals surface area (Å²) in [7, 11) is 1.58. The van der Waals surface area contributed by atoms with Crippen molar-refractivity contribution in [3.8, 4) is 17.2 Å². The molecule has 1 heterocycles. The highest BCUT2D eigenvalue weighted by Gasteiger charge is 2.13. The molecule has 1 aromatic heterocycles. The molecule has 2 aromatic carbocycles. The maximum atomic E-state index is 13.5. The van der Waals surface area contributed by atoms with E-state index < -0.39 is 11.7 Å². The fourth-order valence-electron chi connectivity index (χ4n) is 2.08. The maximum absolute atomic E-state index is 13.5. The number of nitrogens with zero attached hydrogens (tertiary/aromatic N) is 2. The van der Waals surface area contributed by atoms with Gasteiger partial charge in [-0.15, -0.1) is 0 Å². The second-order valence-corrected chi connectivity index (χ2v) is 4.95. The lowest BCUT2D eigenvalue weighted by Crippen LogP contribution is -2.16. The molecule has 24 heavy (non-hydrogen) atoms. The Bertz CT molecular complexity index is 846. The van der Waals surface area contributed by atoms with Gasteiger partial charge in [0.25, 0.3) is 5.89 Å². The fourth-order valence-corrected chi connectivity index (χ4v) is 2.08. The molecule has 0 atom stereocenters. The first-order chi connectivity index (χ1) is 11.7. The number of carbonyl (C=O) groups excluding carboxylic acids is 1. The zero-order valence-electron chi connectivity index (χ0n) is 12.8. The number of aromatic nitrogens is 2. The number of benzene rings is 2. The van der Waals surface area contributed by atoms with Gasteiger partial charge in [-0.3, -0.25) is 4.79 Å². The van der Waals surface area contributed by atoms with Crippen LogP contribution in [0.3, 0.4) is 0 Å². The quantitative estimate of drug-likeness (QED) is 0.779. The molecule has 6 nitrogen and oxygen atoms in total.